The van der Waals surface area contributed by atoms with Crippen molar-refractivity contribution in [1.29, 1.82) is 0 Å². The van der Waals surface area contributed by atoms with E-state index in [2.05, 4.69) is 10.6 Å². The van der Waals surface area contributed by atoms with Crippen molar-refractivity contribution in [2.75, 3.05) is 11.9 Å². The Bertz CT molecular complexity index is 662. The summed E-state index contributed by atoms with van der Waals surface area (Å²) >= 11 is 11.5. The van der Waals surface area contributed by atoms with E-state index in [0.717, 1.165) is 11.6 Å². The molecule has 0 saturated carbocycles. The lowest BCUT2D eigenvalue weighted by atomic mass is 10.1. The molecule has 0 spiro atoms. The first-order valence-electron chi connectivity index (χ1n) is 6.69. The summed E-state index contributed by atoms with van der Waals surface area (Å²) < 4.78 is 13.6. The van der Waals surface area contributed by atoms with Crippen molar-refractivity contribution >= 4 is 34.8 Å². The van der Waals surface area contributed by atoms with Gasteiger partial charge in [-0.05, 0) is 42.8 Å². The highest BCUT2D eigenvalue weighted by molar-refractivity contribution is 6.30. The second-order valence-electron chi connectivity index (χ2n) is 4.83. The Morgan fingerprint density at radius 1 is 1.14 bits per heavy atom. The molecule has 0 aliphatic carbocycles. The van der Waals surface area contributed by atoms with Crippen LogP contribution in [-0.4, -0.2) is 12.5 Å². The quantitative estimate of drug-likeness (QED) is 0.845. The fourth-order valence-corrected chi connectivity index (χ4v) is 2.19. The first-order valence-corrected chi connectivity index (χ1v) is 7.45. The summed E-state index contributed by atoms with van der Waals surface area (Å²) in [5.41, 5.74) is 1.12. The molecule has 0 bridgehead atoms. The molecule has 0 heterocycles. The van der Waals surface area contributed by atoms with Crippen LogP contribution in [0.1, 0.15) is 18.5 Å². The van der Waals surface area contributed by atoms with Crippen molar-refractivity contribution in [3.05, 3.63) is 63.9 Å². The van der Waals surface area contributed by atoms with E-state index in [1.54, 1.807) is 12.1 Å². The van der Waals surface area contributed by atoms with E-state index in [4.69, 9.17) is 23.2 Å². The maximum atomic E-state index is 13.6. The Kier molecular flexibility index (Phi) is 5.77. The van der Waals surface area contributed by atoms with E-state index in [9.17, 15) is 9.18 Å². The summed E-state index contributed by atoms with van der Waals surface area (Å²) in [5.74, 6) is -0.895. The summed E-state index contributed by atoms with van der Waals surface area (Å²) in [5, 5.41) is 6.50. The maximum absolute atomic E-state index is 13.6. The van der Waals surface area contributed by atoms with Gasteiger partial charge in [0.1, 0.15) is 5.82 Å². The highest BCUT2D eigenvalue weighted by Gasteiger charge is 2.10. The molecule has 22 heavy (non-hydrogen) atoms. The molecule has 6 heteroatoms. The van der Waals surface area contributed by atoms with E-state index in [-0.39, 0.29) is 29.2 Å². The molecule has 2 aromatic carbocycles. The molecule has 0 fully saturated rings. The number of carbonyl (C=O) groups excluding carboxylic acids is 1. The first-order chi connectivity index (χ1) is 10.5. The molecule has 2 aromatic rings. The Labute approximate surface area is 138 Å². The van der Waals surface area contributed by atoms with Crippen molar-refractivity contribution in [2.24, 2.45) is 0 Å². The van der Waals surface area contributed by atoms with Gasteiger partial charge < -0.3 is 10.6 Å². The average molecular weight is 341 g/mol. The summed E-state index contributed by atoms with van der Waals surface area (Å²) in [7, 11) is 0. The Morgan fingerprint density at radius 2 is 1.77 bits per heavy atom. The van der Waals surface area contributed by atoms with E-state index in [1.165, 1.54) is 12.1 Å². The Hall–Kier alpha value is -1.62. The number of amides is 1. The van der Waals surface area contributed by atoms with Crippen molar-refractivity contribution in [3.8, 4) is 0 Å². The average Bonchev–Trinajstić information content (AvgIpc) is 2.48. The van der Waals surface area contributed by atoms with Gasteiger partial charge in [-0.2, -0.15) is 0 Å². The lowest BCUT2D eigenvalue weighted by molar-refractivity contribution is -0.115. The minimum absolute atomic E-state index is 0.0296. The molecule has 0 aliphatic rings. The topological polar surface area (TPSA) is 41.1 Å². The number of halogens is 3. The maximum Gasteiger partial charge on any atom is 0.238 e. The van der Waals surface area contributed by atoms with Crippen LogP contribution >= 0.6 is 23.2 Å². The molecule has 0 radical (unpaired) electrons. The fourth-order valence-electron chi connectivity index (χ4n) is 1.90. The number of carbonyl (C=O) groups is 1. The predicted molar refractivity (Wildman–Crippen MR) is 87.9 cm³/mol. The second kappa shape index (κ2) is 7.58. The van der Waals surface area contributed by atoms with Gasteiger partial charge >= 0.3 is 0 Å². The molecule has 0 saturated heterocycles. The molecule has 0 aromatic heterocycles. The van der Waals surface area contributed by atoms with Crippen LogP contribution in [0.15, 0.2) is 42.5 Å². The second-order valence-corrected chi connectivity index (χ2v) is 5.70. The molecule has 1 amide bonds. The minimum atomic E-state index is -0.563. The number of rotatable bonds is 5. The molecular formula is C16H15Cl2FN2O. The SMILES string of the molecule is C[C@H](NCC(=O)Nc1ccc(Cl)cc1F)c1ccc(Cl)cc1. The Balaban J connectivity index is 1.88. The summed E-state index contributed by atoms with van der Waals surface area (Å²) in [6.07, 6.45) is 0. The van der Waals surface area contributed by atoms with Crippen molar-refractivity contribution in [3.63, 3.8) is 0 Å². The standard InChI is InChI=1S/C16H15Cl2FN2O/c1-10(11-2-4-12(17)5-3-11)20-9-16(22)21-15-7-6-13(18)8-14(15)19/h2-8,10,20H,9H2,1H3,(H,21,22)/t10-/m0/s1. The van der Waals surface area contributed by atoms with Crippen LogP contribution < -0.4 is 10.6 Å². The minimum Gasteiger partial charge on any atom is -0.322 e. The zero-order valence-corrected chi connectivity index (χ0v) is 13.4. The molecule has 0 unspecified atom stereocenters. The lowest BCUT2D eigenvalue weighted by Crippen LogP contribution is -2.30. The predicted octanol–water partition coefficient (Wildman–Crippen LogP) is 4.42. The van der Waals surface area contributed by atoms with Gasteiger partial charge in [-0.3, -0.25) is 4.79 Å². The van der Waals surface area contributed by atoms with Gasteiger partial charge in [-0.25, -0.2) is 4.39 Å². The zero-order valence-electron chi connectivity index (χ0n) is 11.9. The third-order valence-electron chi connectivity index (χ3n) is 3.14. The molecule has 116 valence electrons. The third-order valence-corrected chi connectivity index (χ3v) is 3.63. The first kappa shape index (κ1) is 16.7. The van der Waals surface area contributed by atoms with Crippen LogP contribution in [0.2, 0.25) is 10.0 Å². The summed E-state index contributed by atoms with van der Waals surface area (Å²) in [6.45, 7) is 1.99. The van der Waals surface area contributed by atoms with Gasteiger partial charge in [-0.1, -0.05) is 35.3 Å². The van der Waals surface area contributed by atoms with Crippen LogP contribution in [0, 0.1) is 5.82 Å². The van der Waals surface area contributed by atoms with Gasteiger partial charge in [-0.15, -0.1) is 0 Å². The van der Waals surface area contributed by atoms with E-state index < -0.39 is 5.82 Å². The monoisotopic (exact) mass is 340 g/mol. The van der Waals surface area contributed by atoms with Crippen LogP contribution in [0.5, 0.6) is 0 Å². The Morgan fingerprint density at radius 3 is 2.41 bits per heavy atom. The van der Waals surface area contributed by atoms with Gasteiger partial charge in [0.15, 0.2) is 0 Å². The number of nitrogens with one attached hydrogen (secondary N) is 2. The molecule has 3 nitrogen and oxygen atoms in total. The van der Waals surface area contributed by atoms with Crippen LogP contribution in [-0.2, 0) is 4.79 Å². The van der Waals surface area contributed by atoms with Gasteiger partial charge in [0.25, 0.3) is 0 Å². The van der Waals surface area contributed by atoms with E-state index >= 15 is 0 Å². The van der Waals surface area contributed by atoms with Crippen LogP contribution in [0.4, 0.5) is 10.1 Å². The van der Waals surface area contributed by atoms with Crippen molar-refractivity contribution < 1.29 is 9.18 Å². The fraction of sp³-hybridized carbons (Fsp3) is 0.188. The number of anilines is 1. The van der Waals surface area contributed by atoms with Gasteiger partial charge in [0.2, 0.25) is 5.91 Å². The number of hydrogen-bond donors (Lipinski definition) is 2. The molecular weight excluding hydrogens is 326 g/mol. The normalized spacial score (nSPS) is 12.0. The van der Waals surface area contributed by atoms with Crippen LogP contribution in [0.25, 0.3) is 0 Å². The molecule has 0 aliphatic heterocycles. The molecule has 2 rings (SSSR count). The smallest absolute Gasteiger partial charge is 0.238 e. The number of hydrogen-bond acceptors (Lipinski definition) is 2. The highest BCUT2D eigenvalue weighted by atomic mass is 35.5. The summed E-state index contributed by atoms with van der Waals surface area (Å²) in [4.78, 5) is 11.8. The van der Waals surface area contributed by atoms with Gasteiger partial charge in [0.05, 0.1) is 12.2 Å². The molecule has 1 atom stereocenters. The van der Waals surface area contributed by atoms with E-state index in [0.29, 0.717) is 5.02 Å². The van der Waals surface area contributed by atoms with Crippen molar-refractivity contribution in [2.45, 2.75) is 13.0 Å². The van der Waals surface area contributed by atoms with Gasteiger partial charge in [0, 0.05) is 16.1 Å². The largest absolute Gasteiger partial charge is 0.322 e. The highest BCUT2D eigenvalue weighted by Crippen LogP contribution is 2.19. The number of benzene rings is 2. The van der Waals surface area contributed by atoms with E-state index in [1.807, 2.05) is 19.1 Å². The zero-order chi connectivity index (χ0) is 16.1. The van der Waals surface area contributed by atoms with Crippen LogP contribution in [0.3, 0.4) is 0 Å². The summed E-state index contributed by atoms with van der Waals surface area (Å²) in [6, 6.07) is 11.4. The van der Waals surface area contributed by atoms with Crippen molar-refractivity contribution in [1.82, 2.24) is 5.32 Å². The lowest BCUT2D eigenvalue weighted by Gasteiger charge is -2.14. The molecule has 2 N–H and O–H groups in total. The third kappa shape index (κ3) is 4.70.